The molecule has 1 amide bonds. The lowest BCUT2D eigenvalue weighted by Crippen LogP contribution is -2.17. The van der Waals surface area contributed by atoms with E-state index < -0.39 is 0 Å². The van der Waals surface area contributed by atoms with E-state index in [0.29, 0.717) is 10.9 Å². The normalized spacial score (nSPS) is 10.9. The number of nitrogens with one attached hydrogen (secondary N) is 1. The number of benzene rings is 2. The van der Waals surface area contributed by atoms with Crippen molar-refractivity contribution in [3.63, 3.8) is 0 Å². The summed E-state index contributed by atoms with van der Waals surface area (Å²) in [4.78, 5) is 17.2. The second-order valence-corrected chi connectivity index (χ2v) is 7.49. The number of rotatable bonds is 6. The van der Waals surface area contributed by atoms with Gasteiger partial charge < -0.3 is 14.8 Å². The highest BCUT2D eigenvalue weighted by Crippen LogP contribution is 2.30. The molecule has 0 atom stereocenters. The quantitative estimate of drug-likeness (QED) is 0.522. The number of amides is 1. The van der Waals surface area contributed by atoms with Crippen molar-refractivity contribution in [2.24, 2.45) is 0 Å². The van der Waals surface area contributed by atoms with Gasteiger partial charge in [-0.15, -0.1) is 0 Å². The van der Waals surface area contributed by atoms with E-state index in [1.807, 2.05) is 55.5 Å². The Morgan fingerprint density at radius 3 is 2.52 bits per heavy atom. The van der Waals surface area contributed by atoms with Gasteiger partial charge >= 0.3 is 0 Å². The van der Waals surface area contributed by atoms with Gasteiger partial charge in [-0.2, -0.15) is 9.78 Å². The molecule has 0 aliphatic heterocycles. The maximum Gasteiger partial charge on any atom is 0.229 e. The molecule has 8 heteroatoms. The predicted octanol–water partition coefficient (Wildman–Crippen LogP) is 3.99. The Morgan fingerprint density at radius 2 is 1.79 bits per heavy atom. The molecule has 4 rings (SSSR count). The van der Waals surface area contributed by atoms with Gasteiger partial charge in [0.1, 0.15) is 17.3 Å². The number of carbonyl (C=O) groups is 1. The molecule has 7 nitrogen and oxygen atoms in total. The van der Waals surface area contributed by atoms with Crippen LogP contribution in [0.1, 0.15) is 11.3 Å². The average Bonchev–Trinajstić information content (AvgIpc) is 3.30. The van der Waals surface area contributed by atoms with Crippen molar-refractivity contribution in [2.45, 2.75) is 13.3 Å². The Labute approximate surface area is 171 Å². The zero-order chi connectivity index (χ0) is 20.4. The van der Waals surface area contributed by atoms with Gasteiger partial charge in [0.25, 0.3) is 0 Å². The SMILES string of the molecule is COc1ccc(CC(=O)Nc2cc(C)nn2-c2nc3ccc(OC)cc3s2)cc1. The molecule has 0 bridgehead atoms. The predicted molar refractivity (Wildman–Crippen MR) is 113 cm³/mol. The summed E-state index contributed by atoms with van der Waals surface area (Å²) in [5, 5.41) is 8.13. The number of hydrogen-bond acceptors (Lipinski definition) is 6. The highest BCUT2D eigenvalue weighted by Gasteiger charge is 2.15. The molecule has 4 aromatic rings. The van der Waals surface area contributed by atoms with E-state index in [4.69, 9.17) is 9.47 Å². The summed E-state index contributed by atoms with van der Waals surface area (Å²) >= 11 is 1.49. The average molecular weight is 408 g/mol. The fraction of sp³-hybridized carbons (Fsp3) is 0.190. The van der Waals surface area contributed by atoms with Crippen molar-refractivity contribution in [3.05, 3.63) is 59.8 Å². The van der Waals surface area contributed by atoms with Crippen molar-refractivity contribution >= 4 is 33.3 Å². The van der Waals surface area contributed by atoms with Crippen LogP contribution in [0.5, 0.6) is 11.5 Å². The van der Waals surface area contributed by atoms with E-state index >= 15 is 0 Å². The minimum absolute atomic E-state index is 0.126. The molecular formula is C21H20N4O3S. The van der Waals surface area contributed by atoms with Crippen LogP contribution in [-0.4, -0.2) is 34.9 Å². The van der Waals surface area contributed by atoms with Gasteiger partial charge in [0, 0.05) is 6.07 Å². The van der Waals surface area contributed by atoms with Crippen LogP contribution in [0.25, 0.3) is 15.3 Å². The Balaban J connectivity index is 1.57. The maximum atomic E-state index is 12.6. The lowest BCUT2D eigenvalue weighted by molar-refractivity contribution is -0.115. The molecule has 0 fully saturated rings. The van der Waals surface area contributed by atoms with E-state index in [-0.39, 0.29) is 12.3 Å². The third-order valence-electron chi connectivity index (χ3n) is 4.39. The summed E-state index contributed by atoms with van der Waals surface area (Å²) in [6.45, 7) is 1.88. The van der Waals surface area contributed by atoms with E-state index in [0.717, 1.165) is 33.0 Å². The van der Waals surface area contributed by atoms with Gasteiger partial charge in [-0.1, -0.05) is 23.5 Å². The third-order valence-corrected chi connectivity index (χ3v) is 5.38. The van der Waals surface area contributed by atoms with E-state index in [9.17, 15) is 4.79 Å². The van der Waals surface area contributed by atoms with E-state index in [2.05, 4.69) is 15.4 Å². The van der Waals surface area contributed by atoms with Gasteiger partial charge in [-0.3, -0.25) is 4.79 Å². The third kappa shape index (κ3) is 4.07. The molecule has 29 heavy (non-hydrogen) atoms. The summed E-state index contributed by atoms with van der Waals surface area (Å²) < 4.78 is 13.1. The number of aryl methyl sites for hydroxylation is 1. The zero-order valence-electron chi connectivity index (χ0n) is 16.3. The van der Waals surface area contributed by atoms with Crippen LogP contribution >= 0.6 is 11.3 Å². The number of nitrogens with zero attached hydrogens (tertiary/aromatic N) is 3. The molecule has 2 heterocycles. The van der Waals surface area contributed by atoms with E-state index in [1.165, 1.54) is 11.3 Å². The lowest BCUT2D eigenvalue weighted by atomic mass is 10.1. The Morgan fingerprint density at radius 1 is 1.07 bits per heavy atom. The summed E-state index contributed by atoms with van der Waals surface area (Å²) in [5.41, 5.74) is 2.55. The topological polar surface area (TPSA) is 78.3 Å². The summed E-state index contributed by atoms with van der Waals surface area (Å²) in [6.07, 6.45) is 0.255. The molecule has 2 aromatic heterocycles. The highest BCUT2D eigenvalue weighted by molar-refractivity contribution is 7.20. The van der Waals surface area contributed by atoms with Crippen molar-refractivity contribution < 1.29 is 14.3 Å². The first-order chi connectivity index (χ1) is 14.1. The second kappa shape index (κ2) is 7.92. The van der Waals surface area contributed by atoms with Crippen LogP contribution in [0.15, 0.2) is 48.5 Å². The number of thiazole rings is 1. The monoisotopic (exact) mass is 408 g/mol. The van der Waals surface area contributed by atoms with Gasteiger partial charge in [0.15, 0.2) is 0 Å². The standard InChI is InChI=1S/C21H20N4O3S/c1-13-10-19(23-20(26)11-14-4-6-15(27-2)7-5-14)25(24-13)21-22-17-9-8-16(28-3)12-18(17)29-21/h4-10,12H,11H2,1-3H3,(H,23,26). The summed E-state index contributed by atoms with van der Waals surface area (Å²) in [5.74, 6) is 2.00. The fourth-order valence-corrected chi connectivity index (χ4v) is 3.92. The van der Waals surface area contributed by atoms with Crippen LogP contribution in [0, 0.1) is 6.92 Å². The molecule has 0 unspecified atom stereocenters. The molecule has 0 aliphatic carbocycles. The second-order valence-electron chi connectivity index (χ2n) is 6.49. The summed E-state index contributed by atoms with van der Waals surface area (Å²) in [7, 11) is 3.25. The zero-order valence-corrected chi connectivity index (χ0v) is 17.1. The largest absolute Gasteiger partial charge is 0.497 e. The smallest absolute Gasteiger partial charge is 0.229 e. The number of hydrogen-bond donors (Lipinski definition) is 1. The fourth-order valence-electron chi connectivity index (χ4n) is 2.96. The Hall–Kier alpha value is -3.39. The molecule has 0 saturated carbocycles. The number of aromatic nitrogens is 3. The van der Waals surface area contributed by atoms with E-state index in [1.54, 1.807) is 18.9 Å². The van der Waals surface area contributed by atoms with Gasteiger partial charge in [-0.05, 0) is 42.8 Å². The maximum absolute atomic E-state index is 12.6. The molecule has 0 aliphatic rings. The minimum atomic E-state index is -0.126. The van der Waals surface area contributed by atoms with Gasteiger partial charge in [0.05, 0.1) is 36.6 Å². The van der Waals surface area contributed by atoms with Crippen molar-refractivity contribution in [3.8, 4) is 16.6 Å². The van der Waals surface area contributed by atoms with Gasteiger partial charge in [0.2, 0.25) is 11.0 Å². The summed E-state index contributed by atoms with van der Waals surface area (Å²) in [6, 6.07) is 15.0. The molecule has 148 valence electrons. The first kappa shape index (κ1) is 18.9. The van der Waals surface area contributed by atoms with Crippen molar-refractivity contribution in [2.75, 3.05) is 19.5 Å². The molecule has 0 spiro atoms. The molecule has 0 radical (unpaired) electrons. The first-order valence-corrected chi connectivity index (χ1v) is 9.82. The molecule has 1 N–H and O–H groups in total. The first-order valence-electron chi connectivity index (χ1n) is 9.00. The number of methoxy groups -OCH3 is 2. The van der Waals surface area contributed by atoms with Crippen LogP contribution in [0.3, 0.4) is 0 Å². The Bertz CT molecular complexity index is 1160. The molecule has 2 aromatic carbocycles. The molecule has 0 saturated heterocycles. The van der Waals surface area contributed by atoms with Crippen LogP contribution in [-0.2, 0) is 11.2 Å². The van der Waals surface area contributed by atoms with Crippen molar-refractivity contribution in [1.82, 2.24) is 14.8 Å². The van der Waals surface area contributed by atoms with Crippen molar-refractivity contribution in [1.29, 1.82) is 0 Å². The van der Waals surface area contributed by atoms with Gasteiger partial charge in [-0.25, -0.2) is 4.98 Å². The lowest BCUT2D eigenvalue weighted by Gasteiger charge is -2.07. The number of fused-ring (bicyclic) bond motifs is 1. The number of carbonyl (C=O) groups excluding carboxylic acids is 1. The van der Waals surface area contributed by atoms with Crippen LogP contribution in [0.2, 0.25) is 0 Å². The number of ether oxygens (including phenoxy) is 2. The minimum Gasteiger partial charge on any atom is -0.497 e. The van der Waals surface area contributed by atoms with Crippen LogP contribution in [0.4, 0.5) is 5.82 Å². The Kier molecular flexibility index (Phi) is 5.18. The number of anilines is 1. The highest BCUT2D eigenvalue weighted by atomic mass is 32.1. The molecular weight excluding hydrogens is 388 g/mol. The van der Waals surface area contributed by atoms with Crippen LogP contribution < -0.4 is 14.8 Å².